The maximum Gasteiger partial charge on any atom is 0.472 e. The number of phosphoric acid groups is 1. The SMILES string of the molecule is CCCCCCCCCC/C=C\CCCCCCCCCCCCCCCC(=O)OC(COCCCCCCCCCCCCCCCCCCCCC)COP(=O)(O)OCCN. The minimum absolute atomic E-state index is 0.0912. The Morgan fingerprint density at radius 3 is 1.16 bits per heavy atom. The molecule has 63 heavy (non-hydrogen) atoms. The Bertz CT molecular complexity index is 982. The molecule has 0 aromatic rings. The third-order valence-electron chi connectivity index (χ3n) is 12.4. The van der Waals surface area contributed by atoms with Crippen LogP contribution >= 0.6 is 7.82 Å². The number of rotatable bonds is 54. The molecule has 0 aliphatic rings. The molecule has 0 aromatic heterocycles. The van der Waals surface area contributed by atoms with Gasteiger partial charge in [-0.2, -0.15) is 0 Å². The fourth-order valence-electron chi connectivity index (χ4n) is 8.35. The number of hydrogen-bond donors (Lipinski definition) is 2. The third-order valence-corrected chi connectivity index (χ3v) is 13.4. The van der Waals surface area contributed by atoms with E-state index >= 15 is 0 Å². The molecular weight excluding hydrogens is 806 g/mol. The number of esters is 1. The van der Waals surface area contributed by atoms with E-state index in [2.05, 4.69) is 26.0 Å². The molecule has 3 N–H and O–H groups in total. The summed E-state index contributed by atoms with van der Waals surface area (Å²) in [7, 11) is -4.28. The van der Waals surface area contributed by atoms with Crippen molar-refractivity contribution in [1.29, 1.82) is 0 Å². The summed E-state index contributed by atoms with van der Waals surface area (Å²) < 4.78 is 33.7. The van der Waals surface area contributed by atoms with Gasteiger partial charge >= 0.3 is 13.8 Å². The van der Waals surface area contributed by atoms with E-state index in [0.717, 1.165) is 32.1 Å². The van der Waals surface area contributed by atoms with Gasteiger partial charge in [0.2, 0.25) is 0 Å². The predicted molar refractivity (Wildman–Crippen MR) is 271 cm³/mol. The topological polar surface area (TPSA) is 117 Å². The van der Waals surface area contributed by atoms with Gasteiger partial charge in [0, 0.05) is 19.6 Å². The minimum atomic E-state index is -4.28. The highest BCUT2D eigenvalue weighted by Crippen LogP contribution is 2.43. The Morgan fingerprint density at radius 2 is 0.794 bits per heavy atom. The second-order valence-corrected chi connectivity index (χ2v) is 20.3. The highest BCUT2D eigenvalue weighted by molar-refractivity contribution is 7.47. The van der Waals surface area contributed by atoms with E-state index in [4.69, 9.17) is 24.3 Å². The molecule has 2 atom stereocenters. The summed E-state index contributed by atoms with van der Waals surface area (Å²) in [4.78, 5) is 22.6. The van der Waals surface area contributed by atoms with Gasteiger partial charge in [-0.25, -0.2) is 4.57 Å². The Labute approximate surface area is 392 Å². The molecule has 8 nitrogen and oxygen atoms in total. The average molecular weight is 914 g/mol. The molecule has 0 fully saturated rings. The van der Waals surface area contributed by atoms with E-state index in [1.165, 1.54) is 238 Å². The maximum atomic E-state index is 12.7. The number of carbonyl (C=O) groups is 1. The normalized spacial score (nSPS) is 13.3. The lowest BCUT2D eigenvalue weighted by Crippen LogP contribution is -2.28. The number of nitrogens with two attached hydrogens (primary N) is 1. The summed E-state index contributed by atoms with van der Waals surface area (Å²) in [5.41, 5.74) is 5.40. The van der Waals surface area contributed by atoms with Crippen LogP contribution in [-0.2, 0) is 27.9 Å². The quantitative estimate of drug-likeness (QED) is 0.0268. The molecule has 0 rings (SSSR count). The van der Waals surface area contributed by atoms with Crippen molar-refractivity contribution < 1.29 is 32.8 Å². The average Bonchev–Trinajstić information content (AvgIpc) is 3.28. The van der Waals surface area contributed by atoms with Crippen molar-refractivity contribution in [3.63, 3.8) is 0 Å². The first-order valence-corrected chi connectivity index (χ1v) is 29.2. The van der Waals surface area contributed by atoms with E-state index in [-0.39, 0.29) is 32.3 Å². The smallest absolute Gasteiger partial charge is 0.457 e. The van der Waals surface area contributed by atoms with Crippen molar-refractivity contribution in [2.24, 2.45) is 5.73 Å². The monoisotopic (exact) mass is 914 g/mol. The van der Waals surface area contributed by atoms with Crippen LogP contribution in [-0.4, -0.2) is 49.9 Å². The van der Waals surface area contributed by atoms with E-state index < -0.39 is 13.9 Å². The van der Waals surface area contributed by atoms with Crippen LogP contribution in [0, 0.1) is 0 Å². The summed E-state index contributed by atoms with van der Waals surface area (Å²) in [6.45, 7) is 5.00. The molecule has 0 saturated carbocycles. The van der Waals surface area contributed by atoms with Crippen LogP contribution in [0.15, 0.2) is 12.2 Å². The van der Waals surface area contributed by atoms with Crippen LogP contribution in [0.1, 0.15) is 290 Å². The van der Waals surface area contributed by atoms with Gasteiger partial charge in [-0.1, -0.05) is 257 Å². The van der Waals surface area contributed by atoms with Crippen LogP contribution in [0.25, 0.3) is 0 Å². The van der Waals surface area contributed by atoms with Crippen molar-refractivity contribution in [2.75, 3.05) is 33.0 Å². The summed E-state index contributed by atoms with van der Waals surface area (Å²) in [6, 6.07) is 0. The lowest BCUT2D eigenvalue weighted by Gasteiger charge is -2.20. The number of phosphoric ester groups is 1. The summed E-state index contributed by atoms with van der Waals surface area (Å²) >= 11 is 0. The molecule has 2 unspecified atom stereocenters. The van der Waals surface area contributed by atoms with Gasteiger partial charge in [-0.05, 0) is 38.5 Å². The molecule has 0 aliphatic heterocycles. The predicted octanol–water partition coefficient (Wildman–Crippen LogP) is 17.4. The van der Waals surface area contributed by atoms with E-state index in [9.17, 15) is 14.3 Å². The molecule has 0 aliphatic carbocycles. The van der Waals surface area contributed by atoms with Gasteiger partial charge in [0.05, 0.1) is 19.8 Å². The van der Waals surface area contributed by atoms with E-state index in [1.54, 1.807) is 0 Å². The number of ether oxygens (including phenoxy) is 2. The van der Waals surface area contributed by atoms with Gasteiger partial charge in [-0.15, -0.1) is 0 Å². The molecule has 0 aromatic carbocycles. The second-order valence-electron chi connectivity index (χ2n) is 18.8. The van der Waals surface area contributed by atoms with Gasteiger partial charge in [-0.3, -0.25) is 13.8 Å². The first-order valence-electron chi connectivity index (χ1n) is 27.7. The third kappa shape index (κ3) is 52.1. The lowest BCUT2D eigenvalue weighted by molar-refractivity contribution is -0.154. The minimum Gasteiger partial charge on any atom is -0.457 e. The van der Waals surface area contributed by atoms with Crippen molar-refractivity contribution >= 4 is 13.8 Å². The largest absolute Gasteiger partial charge is 0.472 e. The fraction of sp³-hybridized carbons (Fsp3) is 0.944. The highest BCUT2D eigenvalue weighted by atomic mass is 31.2. The van der Waals surface area contributed by atoms with Crippen LogP contribution in [0.3, 0.4) is 0 Å². The molecule has 376 valence electrons. The van der Waals surface area contributed by atoms with E-state index in [0.29, 0.717) is 13.0 Å². The molecule has 0 radical (unpaired) electrons. The van der Waals surface area contributed by atoms with Crippen molar-refractivity contribution in [2.45, 2.75) is 296 Å². The highest BCUT2D eigenvalue weighted by Gasteiger charge is 2.25. The zero-order valence-corrected chi connectivity index (χ0v) is 43.0. The second kappa shape index (κ2) is 52.2. The molecular formula is C54H108NO7P. The maximum absolute atomic E-state index is 12.7. The van der Waals surface area contributed by atoms with Crippen LogP contribution in [0.2, 0.25) is 0 Å². The molecule has 0 heterocycles. The number of allylic oxidation sites excluding steroid dienone is 2. The Kier molecular flexibility index (Phi) is 51.6. The number of hydrogen-bond acceptors (Lipinski definition) is 7. The molecule has 9 heteroatoms. The van der Waals surface area contributed by atoms with E-state index in [1.807, 2.05) is 0 Å². The van der Waals surface area contributed by atoms with Crippen molar-refractivity contribution in [3.05, 3.63) is 12.2 Å². The standard InChI is InChI=1S/C54H108NO7P/c1-3-5-7-9-11-13-15-17-19-21-23-24-25-26-27-28-29-31-33-35-37-39-41-43-45-47-54(56)62-53(52-61-63(57,58)60-50-48-55)51-59-49-46-44-42-40-38-36-34-32-30-22-20-18-16-14-12-10-8-6-4-2/h21,23,53H,3-20,22,24-52,55H2,1-2H3,(H,57,58)/b23-21-. The summed E-state index contributed by atoms with van der Waals surface area (Å²) in [6.07, 6.45) is 59.7. The van der Waals surface area contributed by atoms with Gasteiger partial charge < -0.3 is 20.1 Å². The fourth-order valence-corrected chi connectivity index (χ4v) is 9.11. The van der Waals surface area contributed by atoms with Gasteiger partial charge in [0.15, 0.2) is 0 Å². The molecule has 0 spiro atoms. The molecule has 0 amide bonds. The zero-order valence-electron chi connectivity index (χ0n) is 42.1. The van der Waals surface area contributed by atoms with Gasteiger partial charge in [0.1, 0.15) is 6.10 Å². The molecule has 0 saturated heterocycles. The molecule has 0 bridgehead atoms. The van der Waals surface area contributed by atoms with Crippen molar-refractivity contribution in [3.8, 4) is 0 Å². The number of carbonyl (C=O) groups excluding carboxylic acids is 1. The zero-order chi connectivity index (χ0) is 45.8. The first-order chi connectivity index (χ1) is 30.9. The lowest BCUT2D eigenvalue weighted by atomic mass is 10.0. The summed E-state index contributed by atoms with van der Waals surface area (Å²) in [5, 5.41) is 0. The Hall–Kier alpha value is -0.760. The van der Waals surface area contributed by atoms with Crippen LogP contribution in [0.5, 0.6) is 0 Å². The summed E-state index contributed by atoms with van der Waals surface area (Å²) in [5.74, 6) is -0.322. The Morgan fingerprint density at radius 1 is 0.460 bits per heavy atom. The number of unbranched alkanes of at least 4 members (excludes halogenated alkanes) is 39. The van der Waals surface area contributed by atoms with Crippen LogP contribution in [0.4, 0.5) is 0 Å². The van der Waals surface area contributed by atoms with Gasteiger partial charge in [0.25, 0.3) is 0 Å². The first kappa shape index (κ1) is 62.2. The Balaban J connectivity index is 3.85. The van der Waals surface area contributed by atoms with Crippen LogP contribution < -0.4 is 5.73 Å². The van der Waals surface area contributed by atoms with Crippen molar-refractivity contribution in [1.82, 2.24) is 0 Å².